The molecule has 1 aromatic rings. The number of methoxy groups -OCH3 is 1. The third-order valence-corrected chi connectivity index (χ3v) is 8.01. The normalized spacial score (nSPS) is 18.9. The Hall–Kier alpha value is -1.41. The Morgan fingerprint density at radius 2 is 1.65 bits per heavy atom. The second-order valence-corrected chi connectivity index (χ2v) is 9.59. The Morgan fingerprint density at radius 3 is 2.10 bits per heavy atom. The van der Waals surface area contributed by atoms with Crippen molar-refractivity contribution in [3.05, 3.63) is 35.9 Å². The lowest BCUT2D eigenvalue weighted by Gasteiger charge is -2.39. The molecule has 1 aromatic carbocycles. The van der Waals surface area contributed by atoms with Crippen molar-refractivity contribution >= 4 is 13.5 Å². The van der Waals surface area contributed by atoms with Crippen LogP contribution in [-0.2, 0) is 28.7 Å². The number of alkyl halides is 3. The molecule has 1 saturated carbocycles. The van der Waals surface area contributed by atoms with Gasteiger partial charge in [-0.15, -0.1) is 0 Å². The van der Waals surface area contributed by atoms with Crippen LogP contribution in [-0.4, -0.2) is 38.2 Å². The minimum Gasteiger partial charge on any atom is -0.356 e. The van der Waals surface area contributed by atoms with Gasteiger partial charge in [-0.3, -0.25) is 9.36 Å². The van der Waals surface area contributed by atoms with Crippen LogP contribution in [0.1, 0.15) is 51.5 Å². The van der Waals surface area contributed by atoms with Crippen molar-refractivity contribution in [2.45, 2.75) is 63.5 Å². The predicted octanol–water partition coefficient (Wildman–Crippen LogP) is 5.38. The largest absolute Gasteiger partial charge is 0.430 e. The quantitative estimate of drug-likeness (QED) is 0.470. The third kappa shape index (κ3) is 5.51. The number of carbonyl (C=O) groups excluding carboxylic acids is 1. The fourth-order valence-electron chi connectivity index (χ4n) is 4.12. The highest BCUT2D eigenvalue weighted by atomic mass is 31.2. The molecule has 1 fully saturated rings. The second kappa shape index (κ2) is 10.9. The average molecular weight is 465 g/mol. The molecule has 0 saturated heterocycles. The van der Waals surface area contributed by atoms with Gasteiger partial charge in [0.15, 0.2) is 0 Å². The van der Waals surface area contributed by atoms with Crippen LogP contribution < -0.4 is 5.32 Å². The van der Waals surface area contributed by atoms with E-state index in [1.165, 1.54) is 24.3 Å². The van der Waals surface area contributed by atoms with Crippen LogP contribution in [0.25, 0.3) is 0 Å². The smallest absolute Gasteiger partial charge is 0.356 e. The molecule has 0 heterocycles. The van der Waals surface area contributed by atoms with Gasteiger partial charge in [0.25, 0.3) is 11.5 Å². The third-order valence-electron chi connectivity index (χ3n) is 5.54. The van der Waals surface area contributed by atoms with Gasteiger partial charge in [0.1, 0.15) is 5.78 Å². The number of benzene rings is 1. The monoisotopic (exact) mass is 465 g/mol. The van der Waals surface area contributed by atoms with Crippen molar-refractivity contribution in [1.29, 1.82) is 0 Å². The maximum Gasteiger partial charge on any atom is 0.430 e. The summed E-state index contributed by atoms with van der Waals surface area (Å²) in [7, 11) is -3.10. The number of carbonyl (C=O) groups is 1. The summed E-state index contributed by atoms with van der Waals surface area (Å²) in [6, 6.07) is 6.69. The number of ether oxygens (including phenoxy) is 1. The molecule has 0 spiro atoms. The standard InChI is InChI=1S/C21H31F3NO5P/c1-4-29-31(27,30-5-2)18(16-12-8-6-9-13-16)25-19(26)20(28-3,21(22,23)24)17-14-10-7-11-15-17/h7,10-11,14-16,18H,4-6,8-9,12-13H2,1-3H3,(H,25,26)/t18-,20-/m0/s1. The molecule has 176 valence electrons. The lowest BCUT2D eigenvalue weighted by molar-refractivity contribution is -0.266. The molecular weight excluding hydrogens is 434 g/mol. The summed E-state index contributed by atoms with van der Waals surface area (Å²) in [6.07, 6.45) is -1.24. The number of amides is 1. The van der Waals surface area contributed by atoms with E-state index in [1.807, 2.05) is 0 Å². The van der Waals surface area contributed by atoms with Gasteiger partial charge in [-0.05, 0) is 32.6 Å². The van der Waals surface area contributed by atoms with E-state index < -0.39 is 31.1 Å². The predicted molar refractivity (Wildman–Crippen MR) is 111 cm³/mol. The zero-order valence-corrected chi connectivity index (χ0v) is 19.0. The van der Waals surface area contributed by atoms with Gasteiger partial charge < -0.3 is 19.1 Å². The summed E-state index contributed by atoms with van der Waals surface area (Å²) in [5.41, 5.74) is -3.63. The van der Waals surface area contributed by atoms with Crippen LogP contribution in [0.15, 0.2) is 30.3 Å². The maximum absolute atomic E-state index is 14.3. The Kier molecular flexibility index (Phi) is 9.13. The highest BCUT2D eigenvalue weighted by Gasteiger charge is 2.63. The summed E-state index contributed by atoms with van der Waals surface area (Å²) < 4.78 is 72.1. The Bertz CT molecular complexity index is 745. The van der Waals surface area contributed by atoms with Crippen molar-refractivity contribution < 1.29 is 36.3 Å². The first kappa shape index (κ1) is 25.8. The number of hydrogen-bond acceptors (Lipinski definition) is 5. The highest BCUT2D eigenvalue weighted by molar-refractivity contribution is 7.54. The second-order valence-electron chi connectivity index (χ2n) is 7.44. The number of rotatable bonds is 10. The average Bonchev–Trinajstić information content (AvgIpc) is 2.73. The lowest BCUT2D eigenvalue weighted by atomic mass is 9.88. The molecule has 0 bridgehead atoms. The fraction of sp³-hybridized carbons (Fsp3) is 0.667. The molecule has 1 aliphatic carbocycles. The Morgan fingerprint density at radius 1 is 1.10 bits per heavy atom. The van der Waals surface area contributed by atoms with E-state index in [4.69, 9.17) is 13.8 Å². The number of nitrogens with one attached hydrogen (secondary N) is 1. The van der Waals surface area contributed by atoms with Crippen molar-refractivity contribution in [3.63, 3.8) is 0 Å². The molecule has 2 atom stereocenters. The maximum atomic E-state index is 14.3. The molecule has 0 aromatic heterocycles. The van der Waals surface area contributed by atoms with E-state index in [0.29, 0.717) is 12.8 Å². The van der Waals surface area contributed by atoms with E-state index in [9.17, 15) is 22.5 Å². The van der Waals surface area contributed by atoms with Crippen molar-refractivity contribution in [2.24, 2.45) is 5.92 Å². The molecule has 2 rings (SSSR count). The molecule has 0 radical (unpaired) electrons. The van der Waals surface area contributed by atoms with Crippen molar-refractivity contribution in [2.75, 3.05) is 20.3 Å². The van der Waals surface area contributed by atoms with E-state index in [1.54, 1.807) is 19.9 Å². The van der Waals surface area contributed by atoms with Gasteiger partial charge in [-0.1, -0.05) is 49.6 Å². The topological polar surface area (TPSA) is 73.9 Å². The van der Waals surface area contributed by atoms with Crippen LogP contribution >= 0.6 is 7.60 Å². The molecule has 0 aliphatic heterocycles. The first-order chi connectivity index (χ1) is 14.7. The summed E-state index contributed by atoms with van der Waals surface area (Å²) in [6.45, 7) is 3.29. The zero-order chi connectivity index (χ0) is 23.1. The van der Waals surface area contributed by atoms with E-state index in [2.05, 4.69) is 5.32 Å². The molecule has 6 nitrogen and oxygen atoms in total. The SMILES string of the molecule is CCOP(=O)(OCC)[C@H](NC(=O)[C@@](OC)(c1ccccc1)C(F)(F)F)C1CCCCC1. The van der Waals surface area contributed by atoms with Gasteiger partial charge >= 0.3 is 13.8 Å². The van der Waals surface area contributed by atoms with E-state index in [0.717, 1.165) is 26.4 Å². The fourth-order valence-corrected chi connectivity index (χ4v) is 6.33. The van der Waals surface area contributed by atoms with Crippen LogP contribution in [0.3, 0.4) is 0 Å². The summed E-state index contributed by atoms with van der Waals surface area (Å²) in [4.78, 5) is 13.3. The summed E-state index contributed by atoms with van der Waals surface area (Å²) >= 11 is 0. The number of hydrogen-bond donors (Lipinski definition) is 1. The van der Waals surface area contributed by atoms with Crippen LogP contribution in [0, 0.1) is 5.92 Å². The van der Waals surface area contributed by atoms with Crippen LogP contribution in [0.5, 0.6) is 0 Å². The van der Waals surface area contributed by atoms with E-state index >= 15 is 0 Å². The molecule has 0 unspecified atom stereocenters. The molecule has 1 N–H and O–H groups in total. The molecule has 1 amide bonds. The summed E-state index contributed by atoms with van der Waals surface area (Å²) in [5, 5.41) is 2.40. The van der Waals surface area contributed by atoms with Crippen LogP contribution in [0.2, 0.25) is 0 Å². The molecule has 1 aliphatic rings. The minimum atomic E-state index is -5.06. The highest BCUT2D eigenvalue weighted by Crippen LogP contribution is 2.57. The lowest BCUT2D eigenvalue weighted by Crippen LogP contribution is -2.58. The minimum absolute atomic E-state index is 0.0315. The Balaban J connectivity index is 2.52. The van der Waals surface area contributed by atoms with E-state index in [-0.39, 0.29) is 24.7 Å². The molecule has 31 heavy (non-hydrogen) atoms. The summed E-state index contributed by atoms with van der Waals surface area (Å²) in [5.74, 6) is -2.98. The molecular formula is C21H31F3NO5P. The Labute approximate surface area is 181 Å². The van der Waals surface area contributed by atoms with Gasteiger partial charge in [0, 0.05) is 12.7 Å². The van der Waals surface area contributed by atoms with Crippen molar-refractivity contribution in [3.8, 4) is 0 Å². The van der Waals surface area contributed by atoms with Gasteiger partial charge in [0.05, 0.1) is 13.2 Å². The number of halogens is 3. The van der Waals surface area contributed by atoms with Gasteiger partial charge in [-0.25, -0.2) is 0 Å². The van der Waals surface area contributed by atoms with Crippen molar-refractivity contribution in [1.82, 2.24) is 5.32 Å². The van der Waals surface area contributed by atoms with Gasteiger partial charge in [0.2, 0.25) is 0 Å². The first-order valence-corrected chi connectivity index (χ1v) is 12.1. The zero-order valence-electron chi connectivity index (χ0n) is 18.1. The molecule has 10 heteroatoms. The first-order valence-electron chi connectivity index (χ1n) is 10.5. The van der Waals surface area contributed by atoms with Gasteiger partial charge in [-0.2, -0.15) is 13.2 Å². The van der Waals surface area contributed by atoms with Crippen LogP contribution in [0.4, 0.5) is 13.2 Å².